The molecule has 1 amide bonds. The Labute approximate surface area is 173 Å². The smallest absolute Gasteiger partial charge is 0.410 e. The van der Waals surface area contributed by atoms with Crippen molar-refractivity contribution in [3.8, 4) is 0 Å². The van der Waals surface area contributed by atoms with Gasteiger partial charge in [0, 0.05) is 57.0 Å². The van der Waals surface area contributed by atoms with Crippen molar-refractivity contribution in [2.75, 3.05) is 26.2 Å². The van der Waals surface area contributed by atoms with E-state index in [4.69, 9.17) is 4.74 Å². The second-order valence-corrected chi connectivity index (χ2v) is 11.6. The Balaban J connectivity index is 1.32. The molecule has 2 saturated heterocycles. The van der Waals surface area contributed by atoms with E-state index in [0.29, 0.717) is 19.0 Å². The molecule has 4 heterocycles. The van der Waals surface area contributed by atoms with Crippen LogP contribution in [0.3, 0.4) is 0 Å². The van der Waals surface area contributed by atoms with Crippen molar-refractivity contribution in [2.45, 2.75) is 76.2 Å². The zero-order valence-electron chi connectivity index (χ0n) is 17.6. The number of likely N-dealkylation sites (tertiary alicyclic amines) is 1. The molecule has 9 heteroatoms. The number of fused-ring (bicyclic) bond motifs is 1. The molecule has 0 unspecified atom stereocenters. The predicted octanol–water partition coefficient (Wildman–Crippen LogP) is 2.35. The van der Waals surface area contributed by atoms with Gasteiger partial charge in [0.2, 0.25) is 10.0 Å². The lowest BCUT2D eigenvalue weighted by molar-refractivity contribution is 0.0135. The number of aryl methyl sites for hydroxylation is 1. The summed E-state index contributed by atoms with van der Waals surface area (Å²) in [5, 5.41) is -0.519. The van der Waals surface area contributed by atoms with Crippen molar-refractivity contribution >= 4 is 16.1 Å². The summed E-state index contributed by atoms with van der Waals surface area (Å²) >= 11 is 0. The molecule has 1 aromatic rings. The first-order chi connectivity index (χ1) is 13.6. The number of amides is 1. The molecule has 2 fully saturated rings. The van der Waals surface area contributed by atoms with Crippen LogP contribution in [0.25, 0.3) is 0 Å². The average molecular weight is 425 g/mol. The minimum absolute atomic E-state index is 0.216. The van der Waals surface area contributed by atoms with Crippen LogP contribution in [0.2, 0.25) is 0 Å². The molecular formula is C20H32N4O4S. The molecule has 0 bridgehead atoms. The fourth-order valence-corrected chi connectivity index (χ4v) is 6.36. The number of imidazole rings is 1. The number of aromatic nitrogens is 2. The van der Waals surface area contributed by atoms with Gasteiger partial charge in [0.15, 0.2) is 0 Å². The van der Waals surface area contributed by atoms with Gasteiger partial charge < -0.3 is 14.2 Å². The number of rotatable bonds is 3. The molecule has 8 nitrogen and oxygen atoms in total. The highest BCUT2D eigenvalue weighted by Crippen LogP contribution is 2.33. The molecule has 162 valence electrons. The van der Waals surface area contributed by atoms with Crippen LogP contribution in [0.15, 0.2) is 6.20 Å². The third kappa shape index (κ3) is 4.17. The molecule has 0 aromatic carbocycles. The van der Waals surface area contributed by atoms with Gasteiger partial charge in [-0.15, -0.1) is 0 Å². The molecule has 1 aromatic heterocycles. The molecule has 0 saturated carbocycles. The average Bonchev–Trinajstić information content (AvgIpc) is 3.03. The van der Waals surface area contributed by atoms with E-state index in [1.54, 1.807) is 25.1 Å². The molecular weight excluding hydrogens is 392 g/mol. The molecule has 0 aliphatic carbocycles. The Bertz CT molecular complexity index is 860. The fraction of sp³-hybridized carbons (Fsp3) is 0.800. The highest BCUT2D eigenvalue weighted by Gasteiger charge is 2.45. The minimum Gasteiger partial charge on any atom is -0.444 e. The van der Waals surface area contributed by atoms with E-state index in [-0.39, 0.29) is 13.1 Å². The van der Waals surface area contributed by atoms with E-state index in [1.807, 2.05) is 6.20 Å². The van der Waals surface area contributed by atoms with Crippen LogP contribution in [0, 0.1) is 0 Å². The zero-order valence-corrected chi connectivity index (χ0v) is 18.4. The van der Waals surface area contributed by atoms with Gasteiger partial charge in [-0.25, -0.2) is 22.5 Å². The van der Waals surface area contributed by atoms with Crippen LogP contribution < -0.4 is 0 Å². The molecule has 29 heavy (non-hydrogen) atoms. The summed E-state index contributed by atoms with van der Waals surface area (Å²) in [7, 11) is -3.38. The molecule has 0 N–H and O–H groups in total. The summed E-state index contributed by atoms with van der Waals surface area (Å²) in [6.07, 6.45) is 6.66. The zero-order chi connectivity index (χ0) is 20.8. The monoisotopic (exact) mass is 424 g/mol. The number of hydrogen-bond acceptors (Lipinski definition) is 5. The fourth-order valence-electron chi connectivity index (χ4n) is 4.48. The van der Waals surface area contributed by atoms with Gasteiger partial charge in [0.25, 0.3) is 0 Å². The predicted molar refractivity (Wildman–Crippen MR) is 109 cm³/mol. The van der Waals surface area contributed by atoms with Gasteiger partial charge in [-0.05, 0) is 46.5 Å². The second kappa shape index (κ2) is 7.58. The van der Waals surface area contributed by atoms with Crippen molar-refractivity contribution in [2.24, 2.45) is 0 Å². The Morgan fingerprint density at radius 2 is 1.83 bits per heavy atom. The highest BCUT2D eigenvalue weighted by molar-refractivity contribution is 7.89. The van der Waals surface area contributed by atoms with Crippen LogP contribution in [0.5, 0.6) is 0 Å². The number of nitrogens with zero attached hydrogens (tertiary/aromatic N) is 4. The molecule has 0 atom stereocenters. The van der Waals surface area contributed by atoms with E-state index in [2.05, 4.69) is 9.55 Å². The van der Waals surface area contributed by atoms with E-state index in [9.17, 15) is 13.2 Å². The summed E-state index contributed by atoms with van der Waals surface area (Å²) in [5.74, 6) is 1.55. The molecule has 3 aliphatic heterocycles. The first kappa shape index (κ1) is 20.7. The Hall–Kier alpha value is -1.61. The van der Waals surface area contributed by atoms with Crippen LogP contribution in [-0.2, 0) is 27.7 Å². The van der Waals surface area contributed by atoms with Gasteiger partial charge >= 0.3 is 6.09 Å². The van der Waals surface area contributed by atoms with Crippen molar-refractivity contribution in [3.05, 3.63) is 17.7 Å². The lowest BCUT2D eigenvalue weighted by Gasteiger charge is -2.42. The lowest BCUT2D eigenvalue weighted by Crippen LogP contribution is -2.61. The maximum Gasteiger partial charge on any atom is 0.410 e. The minimum atomic E-state index is -3.38. The van der Waals surface area contributed by atoms with Crippen LogP contribution in [0.4, 0.5) is 4.79 Å². The normalized spacial score (nSPS) is 22.2. The standard InChI is InChI=1S/C20H32N4O4S/c1-20(2,3)28-19(25)22-13-16(14-22)29(26,27)23-10-7-15(8-11-23)17-12-21-18-6-4-5-9-24(17)18/h12,15-16H,4-11,13-14H2,1-3H3. The number of carbonyl (C=O) groups is 1. The van der Waals surface area contributed by atoms with E-state index in [0.717, 1.165) is 25.8 Å². The van der Waals surface area contributed by atoms with Crippen molar-refractivity contribution < 1.29 is 17.9 Å². The summed E-state index contributed by atoms with van der Waals surface area (Å²) in [6, 6.07) is 0. The summed E-state index contributed by atoms with van der Waals surface area (Å²) in [5.41, 5.74) is 0.701. The molecule has 3 aliphatic rings. The van der Waals surface area contributed by atoms with Crippen LogP contribution in [-0.4, -0.2) is 70.3 Å². The number of sulfonamides is 1. The van der Waals surface area contributed by atoms with Crippen molar-refractivity contribution in [1.29, 1.82) is 0 Å². The topological polar surface area (TPSA) is 84.7 Å². The number of carbonyl (C=O) groups excluding carboxylic acids is 1. The van der Waals surface area contributed by atoms with Crippen molar-refractivity contribution in [3.63, 3.8) is 0 Å². The third-order valence-electron chi connectivity index (χ3n) is 6.15. The summed E-state index contributed by atoms with van der Waals surface area (Å²) in [6.45, 7) is 7.96. The third-order valence-corrected chi connectivity index (χ3v) is 8.38. The molecule has 4 rings (SSSR count). The first-order valence-electron chi connectivity index (χ1n) is 10.7. The maximum atomic E-state index is 13.0. The van der Waals surface area contributed by atoms with Gasteiger partial charge in [-0.1, -0.05) is 0 Å². The summed E-state index contributed by atoms with van der Waals surface area (Å²) in [4.78, 5) is 18.1. The van der Waals surface area contributed by atoms with Crippen LogP contribution in [0.1, 0.15) is 63.9 Å². The van der Waals surface area contributed by atoms with Crippen molar-refractivity contribution in [1.82, 2.24) is 18.8 Å². The Kier molecular flexibility index (Phi) is 5.40. The van der Waals surface area contributed by atoms with Gasteiger partial charge in [0.1, 0.15) is 16.7 Å². The number of ether oxygens (including phenoxy) is 1. The van der Waals surface area contributed by atoms with Gasteiger partial charge in [0.05, 0.1) is 0 Å². The number of piperidine rings is 1. The number of hydrogen-bond donors (Lipinski definition) is 0. The second-order valence-electron chi connectivity index (χ2n) is 9.43. The van der Waals surface area contributed by atoms with Crippen LogP contribution >= 0.6 is 0 Å². The summed E-state index contributed by atoms with van der Waals surface area (Å²) < 4.78 is 35.2. The van der Waals surface area contributed by atoms with Gasteiger partial charge in [-0.2, -0.15) is 0 Å². The highest BCUT2D eigenvalue weighted by atomic mass is 32.2. The first-order valence-corrected chi connectivity index (χ1v) is 12.2. The molecule has 0 spiro atoms. The Morgan fingerprint density at radius 3 is 2.48 bits per heavy atom. The lowest BCUT2D eigenvalue weighted by atomic mass is 9.94. The van der Waals surface area contributed by atoms with E-state index >= 15 is 0 Å². The maximum absolute atomic E-state index is 13.0. The largest absolute Gasteiger partial charge is 0.444 e. The SMILES string of the molecule is CC(C)(C)OC(=O)N1CC(S(=O)(=O)N2CCC(c3cnc4n3CCCC4)CC2)C1. The quantitative estimate of drug-likeness (QED) is 0.744. The Morgan fingerprint density at radius 1 is 1.14 bits per heavy atom. The molecule has 0 radical (unpaired) electrons. The van der Waals surface area contributed by atoms with E-state index in [1.165, 1.54) is 29.3 Å². The van der Waals surface area contributed by atoms with E-state index < -0.39 is 27.0 Å². The van der Waals surface area contributed by atoms with Gasteiger partial charge in [-0.3, -0.25) is 0 Å².